The third-order valence-corrected chi connectivity index (χ3v) is 3.46. The number of hydrogen-bond donors (Lipinski definition) is 0. The molecular formula is C12H6Cl2N2S. The van der Waals surface area contributed by atoms with Crippen molar-refractivity contribution in [3.63, 3.8) is 0 Å². The number of aromatic nitrogens is 1. The highest BCUT2D eigenvalue weighted by atomic mass is 35.5. The zero-order valence-corrected chi connectivity index (χ0v) is 10.9. The predicted molar refractivity (Wildman–Crippen MR) is 69.5 cm³/mol. The first kappa shape index (κ1) is 12.3. The minimum absolute atomic E-state index is 0.450. The van der Waals surface area contributed by atoms with Gasteiger partial charge in [0, 0.05) is 11.1 Å². The van der Waals surface area contributed by atoms with Crippen molar-refractivity contribution in [2.75, 3.05) is 0 Å². The summed E-state index contributed by atoms with van der Waals surface area (Å²) in [4.78, 5) is 5.10. The highest BCUT2D eigenvalue weighted by Gasteiger charge is 2.03. The standard InChI is InChI=1S/C12H6Cl2N2S/c13-9-2-4-12(16-7-9)17-10-3-1-8(6-15)11(14)5-10/h1-5,7H. The molecule has 1 aromatic heterocycles. The minimum atomic E-state index is 0.450. The van der Waals surface area contributed by atoms with E-state index in [9.17, 15) is 0 Å². The quantitative estimate of drug-likeness (QED) is 0.818. The predicted octanol–water partition coefficient (Wildman–Crippen LogP) is 4.41. The summed E-state index contributed by atoms with van der Waals surface area (Å²) in [6, 6.07) is 10.9. The summed E-state index contributed by atoms with van der Waals surface area (Å²) in [5.74, 6) is 0. The van der Waals surface area contributed by atoms with Crippen LogP contribution in [0.2, 0.25) is 10.0 Å². The molecular weight excluding hydrogens is 275 g/mol. The maximum absolute atomic E-state index is 8.76. The van der Waals surface area contributed by atoms with E-state index in [0.29, 0.717) is 15.6 Å². The van der Waals surface area contributed by atoms with Gasteiger partial charge in [-0.15, -0.1) is 0 Å². The fraction of sp³-hybridized carbons (Fsp3) is 0. The molecule has 0 aliphatic carbocycles. The van der Waals surface area contributed by atoms with Crippen LogP contribution in [0.1, 0.15) is 5.56 Å². The second kappa shape index (κ2) is 5.42. The molecule has 2 rings (SSSR count). The topological polar surface area (TPSA) is 36.7 Å². The molecule has 0 saturated heterocycles. The molecule has 0 radical (unpaired) electrons. The van der Waals surface area contributed by atoms with Crippen LogP contribution in [-0.2, 0) is 0 Å². The average molecular weight is 281 g/mol. The SMILES string of the molecule is N#Cc1ccc(Sc2ccc(Cl)cn2)cc1Cl. The van der Waals surface area contributed by atoms with Crippen molar-refractivity contribution in [3.05, 3.63) is 52.1 Å². The summed E-state index contributed by atoms with van der Waals surface area (Å²) in [7, 11) is 0. The normalized spacial score (nSPS) is 9.94. The van der Waals surface area contributed by atoms with Crippen LogP contribution < -0.4 is 0 Å². The average Bonchev–Trinajstić information content (AvgIpc) is 2.32. The van der Waals surface area contributed by atoms with Crippen molar-refractivity contribution in [2.24, 2.45) is 0 Å². The number of nitriles is 1. The van der Waals surface area contributed by atoms with E-state index >= 15 is 0 Å². The number of pyridine rings is 1. The van der Waals surface area contributed by atoms with Crippen LogP contribution in [0.3, 0.4) is 0 Å². The Morgan fingerprint density at radius 1 is 1.18 bits per heavy atom. The number of halogens is 2. The first-order valence-electron chi connectivity index (χ1n) is 4.68. The van der Waals surface area contributed by atoms with E-state index < -0.39 is 0 Å². The van der Waals surface area contributed by atoms with Crippen molar-refractivity contribution in [2.45, 2.75) is 9.92 Å². The van der Waals surface area contributed by atoms with Gasteiger partial charge in [-0.05, 0) is 30.3 Å². The van der Waals surface area contributed by atoms with Gasteiger partial charge in [0.1, 0.15) is 11.1 Å². The highest BCUT2D eigenvalue weighted by molar-refractivity contribution is 7.99. The Kier molecular flexibility index (Phi) is 3.90. The van der Waals surface area contributed by atoms with Gasteiger partial charge in [-0.25, -0.2) is 4.98 Å². The molecule has 0 N–H and O–H groups in total. The van der Waals surface area contributed by atoms with Crippen molar-refractivity contribution in [1.29, 1.82) is 5.26 Å². The van der Waals surface area contributed by atoms with Crippen LogP contribution in [0.5, 0.6) is 0 Å². The number of rotatable bonds is 2. The van der Waals surface area contributed by atoms with E-state index in [4.69, 9.17) is 28.5 Å². The summed E-state index contributed by atoms with van der Waals surface area (Å²) in [5.41, 5.74) is 0.472. The fourth-order valence-electron chi connectivity index (χ4n) is 1.19. The lowest BCUT2D eigenvalue weighted by Crippen LogP contribution is -1.81. The summed E-state index contributed by atoms with van der Waals surface area (Å²) >= 11 is 13.2. The first-order valence-corrected chi connectivity index (χ1v) is 6.25. The smallest absolute Gasteiger partial charge is 0.101 e. The Morgan fingerprint density at radius 3 is 2.59 bits per heavy atom. The Balaban J connectivity index is 2.22. The number of hydrogen-bond acceptors (Lipinski definition) is 3. The molecule has 0 saturated carbocycles. The van der Waals surface area contributed by atoms with Crippen LogP contribution in [0.15, 0.2) is 46.5 Å². The molecule has 17 heavy (non-hydrogen) atoms. The van der Waals surface area contributed by atoms with Crippen LogP contribution in [0.4, 0.5) is 0 Å². The molecule has 0 unspecified atom stereocenters. The van der Waals surface area contributed by atoms with E-state index in [0.717, 1.165) is 9.92 Å². The lowest BCUT2D eigenvalue weighted by atomic mass is 10.2. The molecule has 5 heteroatoms. The number of nitrogens with zero attached hydrogens (tertiary/aromatic N) is 2. The van der Waals surface area contributed by atoms with E-state index in [2.05, 4.69) is 4.98 Å². The van der Waals surface area contributed by atoms with Crippen LogP contribution in [0, 0.1) is 11.3 Å². The molecule has 0 amide bonds. The molecule has 1 heterocycles. The maximum atomic E-state index is 8.76. The molecule has 2 nitrogen and oxygen atoms in total. The van der Waals surface area contributed by atoms with E-state index in [-0.39, 0.29) is 0 Å². The number of benzene rings is 1. The zero-order chi connectivity index (χ0) is 12.3. The molecule has 2 aromatic rings. The molecule has 0 atom stereocenters. The molecule has 0 aliphatic heterocycles. The molecule has 0 spiro atoms. The Labute approximate surface area is 113 Å². The van der Waals surface area contributed by atoms with Crippen molar-refractivity contribution >= 4 is 35.0 Å². The molecule has 1 aromatic carbocycles. The first-order chi connectivity index (χ1) is 8.19. The Hall–Kier alpha value is -1.21. The van der Waals surface area contributed by atoms with Gasteiger partial charge in [-0.1, -0.05) is 35.0 Å². The van der Waals surface area contributed by atoms with E-state index in [1.807, 2.05) is 18.2 Å². The Morgan fingerprint density at radius 2 is 2.00 bits per heavy atom. The molecule has 0 fully saturated rings. The second-order valence-corrected chi connectivity index (χ2v) is 5.11. The third-order valence-electron chi connectivity index (χ3n) is 1.98. The summed E-state index contributed by atoms with van der Waals surface area (Å²) in [6.07, 6.45) is 1.59. The van der Waals surface area contributed by atoms with Crippen molar-refractivity contribution < 1.29 is 0 Å². The van der Waals surface area contributed by atoms with Gasteiger partial charge >= 0.3 is 0 Å². The van der Waals surface area contributed by atoms with E-state index in [1.165, 1.54) is 11.8 Å². The van der Waals surface area contributed by atoms with Crippen LogP contribution in [0.25, 0.3) is 0 Å². The van der Waals surface area contributed by atoms with Gasteiger partial charge in [0.2, 0.25) is 0 Å². The lowest BCUT2D eigenvalue weighted by Gasteiger charge is -2.02. The monoisotopic (exact) mass is 280 g/mol. The van der Waals surface area contributed by atoms with Crippen LogP contribution >= 0.6 is 35.0 Å². The van der Waals surface area contributed by atoms with Crippen LogP contribution in [-0.4, -0.2) is 4.98 Å². The van der Waals surface area contributed by atoms with Crippen molar-refractivity contribution in [3.8, 4) is 6.07 Å². The highest BCUT2D eigenvalue weighted by Crippen LogP contribution is 2.29. The third kappa shape index (κ3) is 3.13. The van der Waals surface area contributed by atoms with Gasteiger partial charge in [-0.3, -0.25) is 0 Å². The summed E-state index contributed by atoms with van der Waals surface area (Å²) in [6.45, 7) is 0. The Bertz CT molecular complexity index is 576. The molecule has 0 bridgehead atoms. The maximum Gasteiger partial charge on any atom is 0.101 e. The van der Waals surface area contributed by atoms with Gasteiger partial charge < -0.3 is 0 Å². The summed E-state index contributed by atoms with van der Waals surface area (Å²) < 4.78 is 0. The largest absolute Gasteiger partial charge is 0.248 e. The van der Waals surface area contributed by atoms with Gasteiger partial charge in [0.15, 0.2) is 0 Å². The van der Waals surface area contributed by atoms with Gasteiger partial charge in [-0.2, -0.15) is 5.26 Å². The fourth-order valence-corrected chi connectivity index (χ4v) is 2.39. The molecule has 0 aliphatic rings. The van der Waals surface area contributed by atoms with E-state index in [1.54, 1.807) is 24.4 Å². The summed E-state index contributed by atoms with van der Waals surface area (Å²) in [5, 5.41) is 10.6. The van der Waals surface area contributed by atoms with Gasteiger partial charge in [0.05, 0.1) is 15.6 Å². The molecule has 84 valence electrons. The lowest BCUT2D eigenvalue weighted by molar-refractivity contribution is 1.13. The minimum Gasteiger partial charge on any atom is -0.248 e. The van der Waals surface area contributed by atoms with Crippen molar-refractivity contribution in [1.82, 2.24) is 4.98 Å². The zero-order valence-electron chi connectivity index (χ0n) is 8.52. The second-order valence-electron chi connectivity index (χ2n) is 3.17. The van der Waals surface area contributed by atoms with Gasteiger partial charge in [0.25, 0.3) is 0 Å².